The summed E-state index contributed by atoms with van der Waals surface area (Å²) in [6.45, 7) is 6.30. The van der Waals surface area contributed by atoms with E-state index in [1.54, 1.807) is 0 Å². The van der Waals surface area contributed by atoms with Crippen LogP contribution in [0.2, 0.25) is 0 Å². The van der Waals surface area contributed by atoms with Gasteiger partial charge in [0.1, 0.15) is 0 Å². The molecule has 1 rings (SSSR count). The summed E-state index contributed by atoms with van der Waals surface area (Å²) >= 11 is 0. The van der Waals surface area contributed by atoms with E-state index in [4.69, 9.17) is 0 Å². The molecule has 0 unspecified atom stereocenters. The predicted octanol–water partition coefficient (Wildman–Crippen LogP) is 2.92. The van der Waals surface area contributed by atoms with Crippen LogP contribution in [0.3, 0.4) is 0 Å². The smallest absolute Gasteiger partial charge is 0.0461 e. The Kier molecular flexibility index (Phi) is 3.80. The molecular formula is C14H19N. The molecule has 0 aliphatic heterocycles. The van der Waals surface area contributed by atoms with Crippen molar-refractivity contribution in [2.45, 2.75) is 32.7 Å². The highest BCUT2D eigenvalue weighted by atomic mass is 15.1. The van der Waals surface area contributed by atoms with E-state index in [0.717, 1.165) is 6.42 Å². The van der Waals surface area contributed by atoms with Crippen molar-refractivity contribution >= 4 is 0 Å². The Balaban J connectivity index is 2.75. The Morgan fingerprint density at radius 2 is 1.80 bits per heavy atom. The monoisotopic (exact) mass is 201 g/mol. The molecule has 0 atom stereocenters. The van der Waals surface area contributed by atoms with Crippen LogP contribution in [0.15, 0.2) is 30.3 Å². The number of benzene rings is 1. The van der Waals surface area contributed by atoms with Crippen LogP contribution in [0.4, 0.5) is 0 Å². The molecule has 0 saturated heterocycles. The lowest BCUT2D eigenvalue weighted by molar-refractivity contribution is 0.238. The summed E-state index contributed by atoms with van der Waals surface area (Å²) in [5, 5.41) is 0. The van der Waals surface area contributed by atoms with Crippen molar-refractivity contribution in [2.24, 2.45) is 0 Å². The van der Waals surface area contributed by atoms with Crippen molar-refractivity contribution in [3.05, 3.63) is 35.9 Å². The lowest BCUT2D eigenvalue weighted by atomic mass is 9.94. The van der Waals surface area contributed by atoms with Gasteiger partial charge in [-0.25, -0.2) is 0 Å². The summed E-state index contributed by atoms with van der Waals surface area (Å²) in [6, 6.07) is 13.6. The Bertz CT molecular complexity index is 354. The molecule has 0 bridgehead atoms. The Morgan fingerprint density at radius 1 is 1.20 bits per heavy atom. The molecule has 0 aliphatic carbocycles. The minimum Gasteiger partial charge on any atom is -0.330 e. The standard InChI is InChI=1S/C14H19N/c1-5-11-15(4)14(2,3)12-13-9-7-6-8-10-13/h6-10H,12H2,1-4H3. The van der Waals surface area contributed by atoms with Crippen LogP contribution in [0.5, 0.6) is 0 Å². The number of hydrogen-bond donors (Lipinski definition) is 0. The van der Waals surface area contributed by atoms with Gasteiger partial charge in [-0.1, -0.05) is 36.3 Å². The van der Waals surface area contributed by atoms with Gasteiger partial charge < -0.3 is 4.90 Å². The second-order valence-electron chi connectivity index (χ2n) is 4.40. The fourth-order valence-electron chi connectivity index (χ4n) is 1.53. The highest BCUT2D eigenvalue weighted by molar-refractivity contribution is 5.18. The van der Waals surface area contributed by atoms with Crippen molar-refractivity contribution in [3.8, 4) is 12.0 Å². The summed E-state index contributed by atoms with van der Waals surface area (Å²) in [7, 11) is 2.04. The van der Waals surface area contributed by atoms with Crippen LogP contribution in [0, 0.1) is 12.0 Å². The van der Waals surface area contributed by atoms with Crippen LogP contribution in [0.25, 0.3) is 0 Å². The van der Waals surface area contributed by atoms with E-state index in [0.29, 0.717) is 0 Å². The molecule has 0 amide bonds. The summed E-state index contributed by atoms with van der Waals surface area (Å²) in [5.74, 6) is 2.94. The first-order valence-electron chi connectivity index (χ1n) is 5.26. The van der Waals surface area contributed by atoms with Crippen LogP contribution >= 0.6 is 0 Å². The molecule has 80 valence electrons. The van der Waals surface area contributed by atoms with Crippen molar-refractivity contribution < 1.29 is 0 Å². The van der Waals surface area contributed by atoms with Gasteiger partial charge in [0, 0.05) is 18.6 Å². The summed E-state index contributed by atoms with van der Waals surface area (Å²) in [4.78, 5) is 2.08. The molecule has 0 aliphatic rings. The molecule has 1 heteroatoms. The second kappa shape index (κ2) is 4.89. The lowest BCUT2D eigenvalue weighted by Gasteiger charge is -2.33. The number of hydrogen-bond acceptors (Lipinski definition) is 1. The molecule has 0 spiro atoms. The van der Waals surface area contributed by atoms with Crippen LogP contribution in [-0.4, -0.2) is 17.5 Å². The number of nitrogens with zero attached hydrogens (tertiary/aromatic N) is 1. The largest absolute Gasteiger partial charge is 0.330 e. The van der Waals surface area contributed by atoms with Crippen molar-refractivity contribution in [1.29, 1.82) is 0 Å². The third-order valence-electron chi connectivity index (χ3n) is 2.67. The topological polar surface area (TPSA) is 3.24 Å². The molecule has 0 saturated carbocycles. The molecule has 1 aromatic carbocycles. The zero-order valence-electron chi connectivity index (χ0n) is 10.0. The van der Waals surface area contributed by atoms with E-state index in [2.05, 4.69) is 55.0 Å². The van der Waals surface area contributed by atoms with E-state index >= 15 is 0 Å². The lowest BCUT2D eigenvalue weighted by Crippen LogP contribution is -2.39. The van der Waals surface area contributed by atoms with Crippen LogP contribution in [-0.2, 0) is 6.42 Å². The van der Waals surface area contributed by atoms with Gasteiger partial charge in [-0.2, -0.15) is 0 Å². The van der Waals surface area contributed by atoms with Crippen molar-refractivity contribution in [1.82, 2.24) is 4.90 Å². The van der Waals surface area contributed by atoms with Gasteiger partial charge >= 0.3 is 0 Å². The second-order valence-corrected chi connectivity index (χ2v) is 4.40. The SMILES string of the molecule is CC#CN(C)C(C)(C)Cc1ccccc1. The van der Waals surface area contributed by atoms with Gasteiger partial charge in [0.2, 0.25) is 0 Å². The Labute approximate surface area is 93.1 Å². The third kappa shape index (κ3) is 3.32. The maximum atomic E-state index is 3.09. The van der Waals surface area contributed by atoms with Gasteiger partial charge in [0.15, 0.2) is 0 Å². The summed E-state index contributed by atoms with van der Waals surface area (Å²) < 4.78 is 0. The first-order chi connectivity index (χ1) is 7.06. The predicted molar refractivity (Wildman–Crippen MR) is 65.4 cm³/mol. The highest BCUT2D eigenvalue weighted by Gasteiger charge is 2.21. The Morgan fingerprint density at radius 3 is 2.33 bits per heavy atom. The maximum absolute atomic E-state index is 3.09. The van der Waals surface area contributed by atoms with Crippen molar-refractivity contribution in [3.63, 3.8) is 0 Å². The number of rotatable bonds is 3. The van der Waals surface area contributed by atoms with Gasteiger partial charge in [-0.15, -0.1) is 0 Å². The zero-order chi connectivity index (χ0) is 11.3. The first-order valence-corrected chi connectivity index (χ1v) is 5.26. The minimum absolute atomic E-state index is 0.0738. The van der Waals surface area contributed by atoms with Gasteiger partial charge in [-0.3, -0.25) is 0 Å². The van der Waals surface area contributed by atoms with Crippen molar-refractivity contribution in [2.75, 3.05) is 7.05 Å². The molecule has 0 radical (unpaired) electrons. The van der Waals surface area contributed by atoms with E-state index in [9.17, 15) is 0 Å². The molecule has 15 heavy (non-hydrogen) atoms. The molecule has 0 heterocycles. The van der Waals surface area contributed by atoms with Gasteiger partial charge in [0.25, 0.3) is 0 Å². The molecule has 1 nitrogen and oxygen atoms in total. The van der Waals surface area contributed by atoms with Crippen LogP contribution in [0.1, 0.15) is 26.3 Å². The fraction of sp³-hybridized carbons (Fsp3) is 0.429. The van der Waals surface area contributed by atoms with E-state index < -0.39 is 0 Å². The zero-order valence-corrected chi connectivity index (χ0v) is 10.0. The summed E-state index contributed by atoms with van der Waals surface area (Å²) in [6.07, 6.45) is 1.01. The average Bonchev–Trinajstić information content (AvgIpc) is 2.19. The van der Waals surface area contributed by atoms with Crippen LogP contribution < -0.4 is 0 Å². The van der Waals surface area contributed by atoms with E-state index in [1.165, 1.54) is 5.56 Å². The fourth-order valence-corrected chi connectivity index (χ4v) is 1.53. The maximum Gasteiger partial charge on any atom is 0.0461 e. The molecular weight excluding hydrogens is 182 g/mol. The quantitative estimate of drug-likeness (QED) is 0.537. The normalized spacial score (nSPS) is 10.4. The molecule has 0 fully saturated rings. The van der Waals surface area contributed by atoms with E-state index in [-0.39, 0.29) is 5.54 Å². The van der Waals surface area contributed by atoms with Gasteiger partial charge in [0.05, 0.1) is 0 Å². The Hall–Kier alpha value is -1.42. The first kappa shape index (κ1) is 11.7. The molecule has 0 N–H and O–H groups in total. The van der Waals surface area contributed by atoms with E-state index in [1.807, 2.05) is 20.0 Å². The number of likely N-dealkylation sites (N-methyl/N-ethyl adjacent to an activating group) is 1. The average molecular weight is 201 g/mol. The molecule has 1 aromatic rings. The highest BCUT2D eigenvalue weighted by Crippen LogP contribution is 2.17. The minimum atomic E-state index is 0.0738. The molecule has 0 aromatic heterocycles. The van der Waals surface area contributed by atoms with Gasteiger partial charge in [-0.05, 0) is 32.8 Å². The summed E-state index contributed by atoms with van der Waals surface area (Å²) in [5.41, 5.74) is 1.43. The third-order valence-corrected chi connectivity index (χ3v) is 2.67.